The number of amides is 2. The van der Waals surface area contributed by atoms with Crippen molar-refractivity contribution >= 4 is 34.9 Å². The number of hydrogen-bond acceptors (Lipinski definition) is 6. The molecular weight excluding hydrogens is 478 g/mol. The number of benzene rings is 1. The number of rotatable bonds is 4. The maximum absolute atomic E-state index is 12.8. The number of nitrogens with zero attached hydrogens (tertiary/aromatic N) is 4. The van der Waals surface area contributed by atoms with Crippen molar-refractivity contribution in [3.8, 4) is 11.1 Å². The van der Waals surface area contributed by atoms with Crippen LogP contribution in [-0.4, -0.2) is 59.0 Å². The van der Waals surface area contributed by atoms with Crippen LogP contribution < -0.4 is 10.2 Å². The maximum atomic E-state index is 12.8. The molecule has 2 aliphatic rings. The quantitative estimate of drug-likeness (QED) is 0.559. The van der Waals surface area contributed by atoms with E-state index in [1.165, 1.54) is 0 Å². The molecule has 0 spiro atoms. The molecule has 5 rings (SSSR count). The molecule has 8 nitrogen and oxygen atoms in total. The highest BCUT2D eigenvalue weighted by Gasteiger charge is 2.33. The lowest BCUT2D eigenvalue weighted by atomic mass is 9.89. The maximum Gasteiger partial charge on any atom is 0.272 e. The number of halogens is 1. The predicted molar refractivity (Wildman–Crippen MR) is 139 cm³/mol. The van der Waals surface area contributed by atoms with E-state index in [1.807, 2.05) is 29.2 Å². The minimum Gasteiger partial charge on any atom is -0.378 e. The molecule has 2 aromatic heterocycles. The summed E-state index contributed by atoms with van der Waals surface area (Å²) in [4.78, 5) is 37.7. The third-order valence-electron chi connectivity index (χ3n) is 6.68. The Kier molecular flexibility index (Phi) is 6.89. The molecule has 2 aliphatic heterocycles. The van der Waals surface area contributed by atoms with Crippen LogP contribution in [0.1, 0.15) is 42.4 Å². The number of carbonyl (C=O) groups is 2. The van der Waals surface area contributed by atoms with Gasteiger partial charge in [-0.1, -0.05) is 23.7 Å². The van der Waals surface area contributed by atoms with Gasteiger partial charge in [-0.2, -0.15) is 0 Å². The number of fused-ring (bicyclic) bond motifs is 1. The fourth-order valence-corrected chi connectivity index (χ4v) is 5.03. The fraction of sp³-hybridized carbons (Fsp3) is 0.333. The summed E-state index contributed by atoms with van der Waals surface area (Å²) < 4.78 is 5.33. The summed E-state index contributed by atoms with van der Waals surface area (Å²) in [6.45, 7) is 5.91. The minimum atomic E-state index is -0.0823. The molecular formula is C27H28ClN5O3. The Morgan fingerprint density at radius 1 is 1.03 bits per heavy atom. The molecule has 2 unspecified atom stereocenters. The van der Waals surface area contributed by atoms with E-state index in [-0.39, 0.29) is 23.9 Å². The summed E-state index contributed by atoms with van der Waals surface area (Å²) in [5.74, 6) is 0.644. The van der Waals surface area contributed by atoms with E-state index in [0.29, 0.717) is 37.0 Å². The van der Waals surface area contributed by atoms with Crippen molar-refractivity contribution < 1.29 is 14.3 Å². The Morgan fingerprint density at radius 2 is 1.81 bits per heavy atom. The zero-order valence-corrected chi connectivity index (χ0v) is 21.0. The molecule has 0 radical (unpaired) electrons. The number of carbonyl (C=O) groups excluding carboxylic acids is 2. The van der Waals surface area contributed by atoms with Crippen LogP contribution in [-0.2, 0) is 9.53 Å². The van der Waals surface area contributed by atoms with Crippen LogP contribution in [0.3, 0.4) is 0 Å². The van der Waals surface area contributed by atoms with Gasteiger partial charge < -0.3 is 19.9 Å². The first-order valence-corrected chi connectivity index (χ1v) is 12.4. The van der Waals surface area contributed by atoms with E-state index < -0.39 is 0 Å². The van der Waals surface area contributed by atoms with E-state index in [4.69, 9.17) is 16.3 Å². The molecule has 36 heavy (non-hydrogen) atoms. The van der Waals surface area contributed by atoms with Crippen LogP contribution in [0, 0.1) is 0 Å². The Morgan fingerprint density at radius 3 is 2.47 bits per heavy atom. The van der Waals surface area contributed by atoms with E-state index >= 15 is 0 Å². The fourth-order valence-electron chi connectivity index (χ4n) is 4.92. The topological polar surface area (TPSA) is 87.7 Å². The first-order chi connectivity index (χ1) is 17.4. The molecule has 9 heteroatoms. The smallest absolute Gasteiger partial charge is 0.272 e. The second-order valence-electron chi connectivity index (χ2n) is 9.14. The normalized spacial score (nSPS) is 19.5. The van der Waals surface area contributed by atoms with Gasteiger partial charge >= 0.3 is 0 Å². The molecule has 0 bridgehead atoms. The van der Waals surface area contributed by atoms with Crippen molar-refractivity contribution in [3.05, 3.63) is 71.1 Å². The Labute approximate surface area is 215 Å². The lowest BCUT2D eigenvalue weighted by molar-refractivity contribution is -0.117. The summed E-state index contributed by atoms with van der Waals surface area (Å²) in [5.41, 5.74) is 4.16. The average Bonchev–Trinajstić information content (AvgIpc) is 2.90. The van der Waals surface area contributed by atoms with Crippen LogP contribution in [0.4, 0.5) is 11.5 Å². The van der Waals surface area contributed by atoms with Gasteiger partial charge in [-0.25, -0.2) is 4.98 Å². The van der Waals surface area contributed by atoms with Gasteiger partial charge in [-0.05, 0) is 54.8 Å². The van der Waals surface area contributed by atoms with Crippen molar-refractivity contribution in [2.45, 2.75) is 32.4 Å². The predicted octanol–water partition coefficient (Wildman–Crippen LogP) is 4.57. The average molecular weight is 506 g/mol. The third-order valence-corrected chi connectivity index (χ3v) is 6.91. The van der Waals surface area contributed by atoms with Gasteiger partial charge in [-0.15, -0.1) is 0 Å². The largest absolute Gasteiger partial charge is 0.378 e. The molecule has 1 fully saturated rings. The third kappa shape index (κ3) is 4.92. The highest BCUT2D eigenvalue weighted by Crippen LogP contribution is 2.41. The van der Waals surface area contributed by atoms with Gasteiger partial charge in [0.25, 0.3) is 5.91 Å². The highest BCUT2D eigenvalue weighted by molar-refractivity contribution is 6.30. The summed E-state index contributed by atoms with van der Waals surface area (Å²) in [5, 5.41) is 4.08. The van der Waals surface area contributed by atoms with Gasteiger partial charge in [0.15, 0.2) is 0 Å². The van der Waals surface area contributed by atoms with Crippen molar-refractivity contribution in [2.75, 3.05) is 36.5 Å². The summed E-state index contributed by atoms with van der Waals surface area (Å²) >= 11 is 6.01. The first kappa shape index (κ1) is 24.2. The Bertz CT molecular complexity index is 1260. The summed E-state index contributed by atoms with van der Waals surface area (Å²) in [7, 11) is 0. The zero-order chi connectivity index (χ0) is 25.2. The zero-order valence-electron chi connectivity index (χ0n) is 20.3. The summed E-state index contributed by atoms with van der Waals surface area (Å²) in [6.07, 6.45) is 4.07. The van der Waals surface area contributed by atoms with E-state index in [2.05, 4.69) is 28.3 Å². The van der Waals surface area contributed by atoms with E-state index in [0.717, 1.165) is 34.6 Å². The standard InChI is InChI=1S/C27H28ClN5O3/c1-17-13-24(31-26-8-5-21(28)16-30-26)22-14-19(4-7-25(22)33(17)18(2)34)20-3-6-23(29-15-20)27(35)32-9-11-36-12-10-32/h3-8,14-17,24H,9-13H2,1-2H3,(H,30,31). The van der Waals surface area contributed by atoms with Crippen LogP contribution in [0.5, 0.6) is 0 Å². The number of pyridine rings is 2. The van der Waals surface area contributed by atoms with Gasteiger partial charge in [0, 0.05) is 49.7 Å². The Balaban J connectivity index is 1.45. The molecule has 2 atom stereocenters. The van der Waals surface area contributed by atoms with E-state index in [9.17, 15) is 9.59 Å². The minimum absolute atomic E-state index is 0.00668. The second kappa shape index (κ2) is 10.2. The molecule has 0 saturated carbocycles. The molecule has 1 N–H and O–H groups in total. The van der Waals surface area contributed by atoms with Crippen LogP contribution in [0.25, 0.3) is 11.1 Å². The van der Waals surface area contributed by atoms with Crippen molar-refractivity contribution in [1.29, 1.82) is 0 Å². The monoisotopic (exact) mass is 505 g/mol. The first-order valence-electron chi connectivity index (χ1n) is 12.1. The molecule has 3 aromatic rings. The molecule has 4 heterocycles. The van der Waals surface area contributed by atoms with Crippen LogP contribution >= 0.6 is 11.6 Å². The van der Waals surface area contributed by atoms with Gasteiger partial charge in [0.05, 0.1) is 24.3 Å². The SMILES string of the molecule is CC(=O)N1c2ccc(-c3ccc(C(=O)N4CCOCC4)nc3)cc2C(Nc2ccc(Cl)cn2)CC1C. The highest BCUT2D eigenvalue weighted by atomic mass is 35.5. The lowest BCUT2D eigenvalue weighted by Gasteiger charge is -2.39. The number of morpholine rings is 1. The lowest BCUT2D eigenvalue weighted by Crippen LogP contribution is -2.43. The Hall–Kier alpha value is -3.49. The molecule has 1 saturated heterocycles. The van der Waals surface area contributed by atoms with Crippen molar-refractivity contribution in [1.82, 2.24) is 14.9 Å². The van der Waals surface area contributed by atoms with Crippen molar-refractivity contribution in [2.24, 2.45) is 0 Å². The molecule has 1 aromatic carbocycles. The van der Waals surface area contributed by atoms with Gasteiger partial charge in [0.1, 0.15) is 11.5 Å². The van der Waals surface area contributed by atoms with Crippen molar-refractivity contribution in [3.63, 3.8) is 0 Å². The second-order valence-corrected chi connectivity index (χ2v) is 9.58. The van der Waals surface area contributed by atoms with Gasteiger partial charge in [0.2, 0.25) is 5.91 Å². The summed E-state index contributed by atoms with van der Waals surface area (Å²) in [6, 6.07) is 13.4. The van der Waals surface area contributed by atoms with Crippen LogP contribution in [0.15, 0.2) is 54.9 Å². The number of anilines is 2. The molecule has 186 valence electrons. The van der Waals surface area contributed by atoms with E-state index in [1.54, 1.807) is 36.4 Å². The number of hydrogen-bond donors (Lipinski definition) is 1. The van der Waals surface area contributed by atoms with Crippen LogP contribution in [0.2, 0.25) is 5.02 Å². The molecule has 2 amide bonds. The number of aromatic nitrogens is 2. The number of ether oxygens (including phenoxy) is 1. The van der Waals surface area contributed by atoms with Gasteiger partial charge in [-0.3, -0.25) is 14.6 Å². The molecule has 0 aliphatic carbocycles. The number of nitrogens with one attached hydrogen (secondary N) is 1.